The Morgan fingerprint density at radius 2 is 1.83 bits per heavy atom. The van der Waals surface area contributed by atoms with Gasteiger partial charge in [0.15, 0.2) is 17.3 Å². The number of ether oxygens (including phenoxy) is 3. The van der Waals surface area contributed by atoms with E-state index >= 15 is 4.39 Å². The van der Waals surface area contributed by atoms with Crippen LogP contribution in [0.25, 0.3) is 0 Å². The van der Waals surface area contributed by atoms with Crippen LogP contribution in [0.4, 0.5) is 4.39 Å². The van der Waals surface area contributed by atoms with Crippen LogP contribution in [0.1, 0.15) is 56.1 Å². The number of hydrogen-bond acceptors (Lipinski definition) is 6. The SMILES string of the molecule is CCCOC(=O)C1C(C)=NC2=C(C(=O)C[C@H](c3ccc(OC)c(OC)c3)C2)[C@@H]1c1ccccc1F. The first-order valence-corrected chi connectivity index (χ1v) is 11.8. The maximum absolute atomic E-state index is 15.0. The van der Waals surface area contributed by atoms with Crippen LogP contribution < -0.4 is 9.47 Å². The van der Waals surface area contributed by atoms with Crippen LogP contribution in [0.2, 0.25) is 0 Å². The summed E-state index contributed by atoms with van der Waals surface area (Å²) in [4.78, 5) is 31.4. The van der Waals surface area contributed by atoms with Crippen LogP contribution in [-0.2, 0) is 14.3 Å². The smallest absolute Gasteiger partial charge is 0.315 e. The second-order valence-electron chi connectivity index (χ2n) is 8.90. The van der Waals surface area contributed by atoms with Gasteiger partial charge in [0.05, 0.1) is 20.8 Å². The Labute approximate surface area is 204 Å². The molecule has 184 valence electrons. The molecule has 2 aromatic rings. The lowest BCUT2D eigenvalue weighted by atomic mass is 9.69. The maximum Gasteiger partial charge on any atom is 0.315 e. The van der Waals surface area contributed by atoms with Gasteiger partial charge in [0.1, 0.15) is 11.7 Å². The zero-order chi connectivity index (χ0) is 25.1. The van der Waals surface area contributed by atoms with E-state index in [1.165, 1.54) is 6.07 Å². The average Bonchev–Trinajstić information content (AvgIpc) is 2.86. The molecular formula is C28H30FNO5. The number of methoxy groups -OCH3 is 2. The molecule has 2 aromatic carbocycles. The van der Waals surface area contributed by atoms with E-state index in [9.17, 15) is 9.59 Å². The minimum atomic E-state index is -0.848. The van der Waals surface area contributed by atoms with Crippen LogP contribution >= 0.6 is 0 Å². The second kappa shape index (κ2) is 10.4. The highest BCUT2D eigenvalue weighted by molar-refractivity contribution is 6.09. The molecule has 3 atom stereocenters. The molecule has 1 heterocycles. The van der Waals surface area contributed by atoms with Crippen LogP contribution in [-0.4, -0.2) is 38.3 Å². The molecule has 0 aromatic heterocycles. The molecule has 0 saturated carbocycles. The van der Waals surface area contributed by atoms with Gasteiger partial charge in [-0.15, -0.1) is 0 Å². The van der Waals surface area contributed by atoms with Crippen LogP contribution in [0.3, 0.4) is 0 Å². The molecule has 2 aliphatic rings. The van der Waals surface area contributed by atoms with E-state index in [0.29, 0.717) is 46.9 Å². The molecule has 0 saturated heterocycles. The Balaban J connectivity index is 1.77. The highest BCUT2D eigenvalue weighted by atomic mass is 19.1. The van der Waals surface area contributed by atoms with E-state index in [0.717, 1.165) is 5.56 Å². The van der Waals surface area contributed by atoms with Crippen molar-refractivity contribution < 1.29 is 28.2 Å². The summed E-state index contributed by atoms with van der Waals surface area (Å²) in [7, 11) is 3.14. The van der Waals surface area contributed by atoms with E-state index < -0.39 is 23.6 Å². The Kier molecular flexibility index (Phi) is 7.34. The van der Waals surface area contributed by atoms with Gasteiger partial charge in [-0.25, -0.2) is 4.39 Å². The number of nitrogens with zero attached hydrogens (tertiary/aromatic N) is 1. The fourth-order valence-electron chi connectivity index (χ4n) is 5.06. The van der Waals surface area contributed by atoms with Crippen molar-refractivity contribution in [3.8, 4) is 11.5 Å². The summed E-state index contributed by atoms with van der Waals surface area (Å²) in [6, 6.07) is 11.9. The Morgan fingerprint density at radius 1 is 1.09 bits per heavy atom. The Bertz CT molecular complexity index is 1200. The Morgan fingerprint density at radius 3 is 2.51 bits per heavy atom. The van der Waals surface area contributed by atoms with Crippen molar-refractivity contribution in [2.45, 2.75) is 44.9 Å². The Hall–Kier alpha value is -3.48. The number of hydrogen-bond donors (Lipinski definition) is 0. The molecule has 1 aliphatic carbocycles. The van der Waals surface area contributed by atoms with Crippen molar-refractivity contribution in [3.05, 3.63) is 70.7 Å². The summed E-state index contributed by atoms with van der Waals surface area (Å²) in [5.41, 5.74) is 2.79. The van der Waals surface area contributed by atoms with Gasteiger partial charge in [0, 0.05) is 29.3 Å². The molecule has 6 nitrogen and oxygen atoms in total. The zero-order valence-corrected chi connectivity index (χ0v) is 20.5. The third-order valence-corrected chi connectivity index (χ3v) is 6.71. The maximum atomic E-state index is 15.0. The number of aliphatic imine (C=N–C) groups is 1. The highest BCUT2D eigenvalue weighted by Crippen LogP contribution is 2.48. The van der Waals surface area contributed by atoms with Gasteiger partial charge in [-0.05, 0) is 55.0 Å². The van der Waals surface area contributed by atoms with Crippen LogP contribution in [0.15, 0.2) is 58.7 Å². The summed E-state index contributed by atoms with van der Waals surface area (Å²) in [6.07, 6.45) is 1.39. The van der Waals surface area contributed by atoms with Crippen molar-refractivity contribution in [3.63, 3.8) is 0 Å². The fraction of sp³-hybridized carbons (Fsp3) is 0.393. The third-order valence-electron chi connectivity index (χ3n) is 6.71. The first kappa shape index (κ1) is 24.6. The van der Waals surface area contributed by atoms with Crippen molar-refractivity contribution in [1.82, 2.24) is 0 Å². The lowest BCUT2D eigenvalue weighted by molar-refractivity contribution is -0.146. The molecule has 0 radical (unpaired) electrons. The summed E-state index contributed by atoms with van der Waals surface area (Å²) in [6.45, 7) is 3.91. The van der Waals surface area contributed by atoms with Gasteiger partial charge in [0.25, 0.3) is 0 Å². The first-order chi connectivity index (χ1) is 16.9. The number of esters is 1. The topological polar surface area (TPSA) is 74.2 Å². The first-order valence-electron chi connectivity index (χ1n) is 11.8. The van der Waals surface area contributed by atoms with Gasteiger partial charge in [-0.2, -0.15) is 0 Å². The van der Waals surface area contributed by atoms with Crippen LogP contribution in [0, 0.1) is 11.7 Å². The van der Waals surface area contributed by atoms with Gasteiger partial charge >= 0.3 is 5.97 Å². The predicted octanol–water partition coefficient (Wildman–Crippen LogP) is 5.37. The van der Waals surface area contributed by atoms with Gasteiger partial charge in [-0.3, -0.25) is 14.6 Å². The molecule has 0 fully saturated rings. The molecular weight excluding hydrogens is 449 g/mol. The molecule has 0 bridgehead atoms. The standard InChI is InChI=1S/C28H30FNO5/c1-5-12-35-28(32)25-16(2)30-21-13-18(17-10-11-23(33-3)24(15-17)34-4)14-22(31)27(21)26(25)19-8-6-7-9-20(19)29/h6-11,15,18,25-26H,5,12-14H2,1-4H3/t18-,25?,26-/m1/s1. The molecule has 0 N–H and O–H groups in total. The summed E-state index contributed by atoms with van der Waals surface area (Å²) < 4.78 is 31.2. The average molecular weight is 480 g/mol. The van der Waals surface area contributed by atoms with Crippen molar-refractivity contribution >= 4 is 17.5 Å². The van der Waals surface area contributed by atoms with E-state index in [1.807, 2.05) is 25.1 Å². The number of carbonyl (C=O) groups is 2. The second-order valence-corrected chi connectivity index (χ2v) is 8.90. The summed E-state index contributed by atoms with van der Waals surface area (Å²) in [5.74, 6) is -1.62. The fourth-order valence-corrected chi connectivity index (χ4v) is 5.06. The van der Waals surface area contributed by atoms with Gasteiger partial charge in [0.2, 0.25) is 0 Å². The summed E-state index contributed by atoms with van der Waals surface area (Å²) in [5, 5.41) is 0. The zero-order valence-electron chi connectivity index (χ0n) is 20.5. The number of allylic oxidation sites excluding steroid dienone is 2. The number of ketones is 1. The van der Waals surface area contributed by atoms with Crippen molar-refractivity contribution in [1.29, 1.82) is 0 Å². The lowest BCUT2D eigenvalue weighted by Gasteiger charge is -2.36. The molecule has 1 aliphatic heterocycles. The van der Waals surface area contributed by atoms with E-state index in [1.54, 1.807) is 39.3 Å². The van der Waals surface area contributed by atoms with E-state index in [2.05, 4.69) is 0 Å². The monoisotopic (exact) mass is 479 g/mol. The normalized spacial score (nSPS) is 21.8. The van der Waals surface area contributed by atoms with Crippen LogP contribution in [0.5, 0.6) is 11.5 Å². The number of halogens is 1. The molecule has 35 heavy (non-hydrogen) atoms. The van der Waals surface area contributed by atoms with Crippen molar-refractivity contribution in [2.75, 3.05) is 20.8 Å². The number of benzene rings is 2. The van der Waals surface area contributed by atoms with Crippen molar-refractivity contribution in [2.24, 2.45) is 10.9 Å². The summed E-state index contributed by atoms with van der Waals surface area (Å²) >= 11 is 0. The molecule has 1 unspecified atom stereocenters. The largest absolute Gasteiger partial charge is 0.493 e. The third kappa shape index (κ3) is 4.72. The van der Waals surface area contributed by atoms with Gasteiger partial charge < -0.3 is 14.2 Å². The molecule has 7 heteroatoms. The highest BCUT2D eigenvalue weighted by Gasteiger charge is 2.45. The van der Waals surface area contributed by atoms with E-state index in [-0.39, 0.29) is 24.7 Å². The molecule has 0 amide bonds. The van der Waals surface area contributed by atoms with E-state index in [4.69, 9.17) is 19.2 Å². The number of rotatable bonds is 7. The molecule has 4 rings (SSSR count). The minimum absolute atomic E-state index is 0.123. The molecule has 0 spiro atoms. The van der Waals surface area contributed by atoms with Gasteiger partial charge in [-0.1, -0.05) is 31.2 Å². The lowest BCUT2D eigenvalue weighted by Crippen LogP contribution is -2.38. The number of carbonyl (C=O) groups excluding carboxylic acids is 2. The number of Topliss-reactive ketones (excluding diaryl/α,β-unsaturated/α-hetero) is 1. The minimum Gasteiger partial charge on any atom is -0.493 e. The predicted molar refractivity (Wildman–Crippen MR) is 131 cm³/mol. The quantitative estimate of drug-likeness (QED) is 0.499.